The minimum absolute atomic E-state index is 0.178. The van der Waals surface area contributed by atoms with Crippen LogP contribution >= 0.6 is 11.3 Å². The minimum Gasteiger partial charge on any atom is -0.465 e. The molecule has 2 heterocycles. The molecule has 0 bridgehead atoms. The quantitative estimate of drug-likeness (QED) is 0.223. The molecule has 0 saturated carbocycles. The lowest BCUT2D eigenvalue weighted by Gasteiger charge is -2.01. The SMILES string of the molecule is O=C(Cc1cccs1)N/N=C\c1ccc(OC(=O)/C=C/c2ccco2)cc1. The smallest absolute Gasteiger partial charge is 0.336 e. The Bertz CT molecular complexity index is 927. The molecule has 27 heavy (non-hydrogen) atoms. The Morgan fingerprint density at radius 1 is 1.15 bits per heavy atom. The third-order valence-electron chi connectivity index (χ3n) is 3.34. The van der Waals surface area contributed by atoms with E-state index in [1.54, 1.807) is 36.4 Å². The lowest BCUT2D eigenvalue weighted by molar-refractivity contribution is -0.129. The Hall–Kier alpha value is -3.45. The highest BCUT2D eigenvalue weighted by Gasteiger charge is 2.03. The zero-order valence-electron chi connectivity index (χ0n) is 14.2. The Morgan fingerprint density at radius 2 is 2.00 bits per heavy atom. The number of rotatable bonds is 7. The van der Waals surface area contributed by atoms with Gasteiger partial charge in [0.2, 0.25) is 5.91 Å². The number of hydrogen-bond donors (Lipinski definition) is 1. The molecule has 3 aromatic rings. The van der Waals surface area contributed by atoms with Gasteiger partial charge in [-0.2, -0.15) is 5.10 Å². The van der Waals surface area contributed by atoms with Crippen LogP contribution in [-0.4, -0.2) is 18.1 Å². The van der Waals surface area contributed by atoms with Crippen LogP contribution in [0.4, 0.5) is 0 Å². The number of carbonyl (C=O) groups excluding carboxylic acids is 2. The van der Waals surface area contributed by atoms with Crippen LogP contribution in [0, 0.1) is 0 Å². The summed E-state index contributed by atoms with van der Waals surface area (Å²) in [5.41, 5.74) is 3.24. The monoisotopic (exact) mass is 380 g/mol. The average Bonchev–Trinajstić information content (AvgIpc) is 3.35. The van der Waals surface area contributed by atoms with Gasteiger partial charge in [-0.3, -0.25) is 4.79 Å². The average molecular weight is 380 g/mol. The van der Waals surface area contributed by atoms with E-state index >= 15 is 0 Å². The number of nitrogens with zero attached hydrogens (tertiary/aromatic N) is 1. The van der Waals surface area contributed by atoms with Crippen molar-refractivity contribution in [3.05, 3.63) is 82.5 Å². The molecule has 2 aromatic heterocycles. The molecule has 0 aliphatic carbocycles. The maximum Gasteiger partial charge on any atom is 0.336 e. The number of hydrazone groups is 1. The molecule has 7 heteroatoms. The molecule has 0 radical (unpaired) electrons. The predicted molar refractivity (Wildman–Crippen MR) is 104 cm³/mol. The summed E-state index contributed by atoms with van der Waals surface area (Å²) in [4.78, 5) is 24.5. The van der Waals surface area contributed by atoms with Crippen molar-refractivity contribution in [2.24, 2.45) is 5.10 Å². The third kappa shape index (κ3) is 6.09. The summed E-state index contributed by atoms with van der Waals surface area (Å²) in [6, 6.07) is 14.0. The van der Waals surface area contributed by atoms with Gasteiger partial charge < -0.3 is 9.15 Å². The number of amides is 1. The van der Waals surface area contributed by atoms with E-state index in [0.717, 1.165) is 10.4 Å². The maximum absolute atomic E-state index is 11.7. The first-order valence-electron chi connectivity index (χ1n) is 8.07. The molecule has 0 atom stereocenters. The van der Waals surface area contributed by atoms with Gasteiger partial charge in [0.25, 0.3) is 0 Å². The van der Waals surface area contributed by atoms with Gasteiger partial charge in [-0.25, -0.2) is 10.2 Å². The number of hydrogen-bond acceptors (Lipinski definition) is 6. The summed E-state index contributed by atoms with van der Waals surface area (Å²) in [6.07, 6.45) is 6.17. The molecular formula is C20H16N2O4S. The molecule has 0 aliphatic rings. The molecule has 1 amide bonds. The predicted octanol–water partition coefficient (Wildman–Crippen LogP) is 3.65. The fraction of sp³-hybridized carbons (Fsp3) is 0.0500. The van der Waals surface area contributed by atoms with Gasteiger partial charge in [0.1, 0.15) is 11.5 Å². The number of nitrogens with one attached hydrogen (secondary N) is 1. The zero-order chi connectivity index (χ0) is 18.9. The number of furan rings is 1. The van der Waals surface area contributed by atoms with Gasteiger partial charge in [-0.15, -0.1) is 11.3 Å². The van der Waals surface area contributed by atoms with Crippen LogP contribution in [0.1, 0.15) is 16.2 Å². The first kappa shape index (κ1) is 18.3. The molecule has 6 nitrogen and oxygen atoms in total. The normalized spacial score (nSPS) is 11.1. The van der Waals surface area contributed by atoms with Crippen molar-refractivity contribution in [1.82, 2.24) is 5.43 Å². The highest BCUT2D eigenvalue weighted by molar-refractivity contribution is 7.10. The Morgan fingerprint density at radius 3 is 2.70 bits per heavy atom. The van der Waals surface area contributed by atoms with Crippen molar-refractivity contribution < 1.29 is 18.7 Å². The highest BCUT2D eigenvalue weighted by Crippen LogP contribution is 2.12. The molecule has 0 unspecified atom stereocenters. The van der Waals surface area contributed by atoms with Crippen molar-refractivity contribution in [1.29, 1.82) is 0 Å². The van der Waals surface area contributed by atoms with Crippen LogP contribution in [0.15, 0.2) is 75.8 Å². The van der Waals surface area contributed by atoms with E-state index in [-0.39, 0.29) is 5.91 Å². The van der Waals surface area contributed by atoms with Gasteiger partial charge in [0.05, 0.1) is 18.9 Å². The standard InChI is InChI=1S/C20H16N2O4S/c23-19(13-18-4-2-12-27-18)22-21-14-15-5-7-17(8-6-15)26-20(24)10-9-16-3-1-11-25-16/h1-12,14H,13H2,(H,22,23)/b10-9+,21-14-. The van der Waals surface area contributed by atoms with Crippen LogP contribution in [-0.2, 0) is 16.0 Å². The van der Waals surface area contributed by atoms with Crippen molar-refractivity contribution in [3.8, 4) is 5.75 Å². The highest BCUT2D eigenvalue weighted by atomic mass is 32.1. The van der Waals surface area contributed by atoms with E-state index in [9.17, 15) is 9.59 Å². The van der Waals surface area contributed by atoms with Crippen LogP contribution < -0.4 is 10.2 Å². The van der Waals surface area contributed by atoms with Crippen molar-refractivity contribution in [2.45, 2.75) is 6.42 Å². The summed E-state index contributed by atoms with van der Waals surface area (Å²) in [5.74, 6) is 0.291. The summed E-state index contributed by atoms with van der Waals surface area (Å²) in [7, 11) is 0. The van der Waals surface area contributed by atoms with Crippen molar-refractivity contribution in [2.75, 3.05) is 0 Å². The van der Waals surface area contributed by atoms with Crippen LogP contribution in [0.2, 0.25) is 0 Å². The number of benzene rings is 1. The number of ether oxygens (including phenoxy) is 1. The van der Waals surface area contributed by atoms with Gasteiger partial charge in [0.15, 0.2) is 0 Å². The molecule has 1 aromatic carbocycles. The molecular weight excluding hydrogens is 364 g/mol. The Balaban J connectivity index is 1.46. The summed E-state index contributed by atoms with van der Waals surface area (Å²) >= 11 is 1.53. The second-order valence-electron chi connectivity index (χ2n) is 5.39. The largest absolute Gasteiger partial charge is 0.465 e. The number of esters is 1. The van der Waals surface area contributed by atoms with E-state index in [1.165, 1.54) is 36.0 Å². The molecule has 0 fully saturated rings. The van der Waals surface area contributed by atoms with E-state index in [4.69, 9.17) is 9.15 Å². The molecule has 3 rings (SSSR count). The Labute approximate surface area is 159 Å². The molecule has 0 spiro atoms. The van der Waals surface area contributed by atoms with E-state index in [0.29, 0.717) is 17.9 Å². The lowest BCUT2D eigenvalue weighted by Crippen LogP contribution is -2.19. The topological polar surface area (TPSA) is 80.9 Å². The second kappa shape index (κ2) is 9.30. The Kier molecular flexibility index (Phi) is 6.32. The van der Waals surface area contributed by atoms with Crippen LogP contribution in [0.5, 0.6) is 5.75 Å². The fourth-order valence-corrected chi connectivity index (χ4v) is 2.80. The van der Waals surface area contributed by atoms with E-state index < -0.39 is 5.97 Å². The van der Waals surface area contributed by atoms with Gasteiger partial charge in [0, 0.05) is 11.0 Å². The maximum atomic E-state index is 11.7. The van der Waals surface area contributed by atoms with Gasteiger partial charge in [-0.05, 0) is 59.5 Å². The first-order chi connectivity index (χ1) is 13.2. The third-order valence-corrected chi connectivity index (χ3v) is 4.22. The summed E-state index contributed by atoms with van der Waals surface area (Å²) in [6.45, 7) is 0. The number of thiophene rings is 1. The molecule has 1 N–H and O–H groups in total. The zero-order valence-corrected chi connectivity index (χ0v) is 15.0. The van der Waals surface area contributed by atoms with Gasteiger partial charge >= 0.3 is 5.97 Å². The summed E-state index contributed by atoms with van der Waals surface area (Å²) < 4.78 is 10.3. The fourth-order valence-electron chi connectivity index (χ4n) is 2.10. The van der Waals surface area contributed by atoms with Gasteiger partial charge in [-0.1, -0.05) is 6.07 Å². The molecule has 0 aliphatic heterocycles. The first-order valence-corrected chi connectivity index (χ1v) is 8.95. The number of carbonyl (C=O) groups is 2. The lowest BCUT2D eigenvalue weighted by atomic mass is 10.2. The van der Waals surface area contributed by atoms with Crippen molar-refractivity contribution in [3.63, 3.8) is 0 Å². The van der Waals surface area contributed by atoms with Crippen LogP contribution in [0.3, 0.4) is 0 Å². The van der Waals surface area contributed by atoms with E-state index in [2.05, 4.69) is 10.5 Å². The second-order valence-corrected chi connectivity index (χ2v) is 6.42. The minimum atomic E-state index is -0.506. The summed E-state index contributed by atoms with van der Waals surface area (Å²) in [5, 5.41) is 5.84. The van der Waals surface area contributed by atoms with Crippen molar-refractivity contribution >= 4 is 35.5 Å². The molecule has 136 valence electrons. The van der Waals surface area contributed by atoms with Crippen LogP contribution in [0.25, 0.3) is 6.08 Å². The molecule has 0 saturated heterocycles. The van der Waals surface area contributed by atoms with E-state index in [1.807, 2.05) is 17.5 Å².